The van der Waals surface area contributed by atoms with E-state index in [1.165, 1.54) is 0 Å². The third-order valence-corrected chi connectivity index (χ3v) is 7.38. The molecule has 5 aromatic carbocycles. The monoisotopic (exact) mass is 605 g/mol. The van der Waals surface area contributed by atoms with Crippen LogP contribution in [-0.4, -0.2) is 22.7 Å². The first-order valence-electron chi connectivity index (χ1n) is 14.7. The van der Waals surface area contributed by atoms with Gasteiger partial charge in [0.25, 0.3) is 0 Å². The van der Waals surface area contributed by atoms with E-state index in [1.54, 1.807) is 19.1 Å². The Balaban J connectivity index is 1.43. The van der Waals surface area contributed by atoms with Gasteiger partial charge in [0.1, 0.15) is 12.4 Å². The first-order valence-corrected chi connectivity index (χ1v) is 14.7. The number of aromatic nitrogens is 1. The Bertz CT molecular complexity index is 2060. The number of esters is 2. The van der Waals surface area contributed by atoms with E-state index in [-0.39, 0.29) is 6.61 Å². The third-order valence-electron chi connectivity index (χ3n) is 7.38. The lowest BCUT2D eigenvalue weighted by Crippen LogP contribution is -2.09. The standard InChI is InChI=1S/C39H31N3O4/c1-4-38(43)45-26-29-16-22-37-35(24-29)34-23-28(25-40-42(31-11-7-5-8-12-31)32-13-9-6-10-14-32)15-21-36(34)41(37)30-17-19-33(20-18-30)46-39(44)27(2)3/h4-25H,1-2,26H2,3H3. The molecule has 0 saturated heterocycles. The van der Waals surface area contributed by atoms with Gasteiger partial charge in [-0.05, 0) is 90.8 Å². The summed E-state index contributed by atoms with van der Waals surface area (Å²) >= 11 is 0. The molecule has 7 nitrogen and oxygen atoms in total. The number of hydrogen-bond donors (Lipinski definition) is 0. The van der Waals surface area contributed by atoms with Crippen LogP contribution in [0.3, 0.4) is 0 Å². The van der Waals surface area contributed by atoms with E-state index in [4.69, 9.17) is 14.6 Å². The van der Waals surface area contributed by atoms with E-state index in [9.17, 15) is 9.59 Å². The number of carbonyl (C=O) groups excluding carboxylic acids is 2. The first-order chi connectivity index (χ1) is 22.4. The molecule has 0 radical (unpaired) electrons. The maximum absolute atomic E-state index is 12.0. The van der Waals surface area contributed by atoms with Crippen molar-refractivity contribution in [3.63, 3.8) is 0 Å². The molecule has 0 bridgehead atoms. The van der Waals surface area contributed by atoms with Gasteiger partial charge in [-0.1, -0.05) is 61.7 Å². The number of anilines is 2. The summed E-state index contributed by atoms with van der Waals surface area (Å²) in [6.07, 6.45) is 3.00. The molecule has 0 aliphatic rings. The molecule has 6 rings (SSSR count). The highest BCUT2D eigenvalue weighted by Crippen LogP contribution is 2.34. The quantitative estimate of drug-likeness (QED) is 0.0514. The van der Waals surface area contributed by atoms with Crippen LogP contribution in [0.25, 0.3) is 27.5 Å². The zero-order valence-electron chi connectivity index (χ0n) is 25.3. The van der Waals surface area contributed by atoms with Crippen LogP contribution in [0.2, 0.25) is 0 Å². The van der Waals surface area contributed by atoms with E-state index in [2.05, 4.69) is 29.9 Å². The molecule has 0 spiro atoms. The fraction of sp³-hybridized carbons (Fsp3) is 0.0513. The van der Waals surface area contributed by atoms with Gasteiger partial charge in [0, 0.05) is 28.1 Å². The van der Waals surface area contributed by atoms with Crippen LogP contribution in [-0.2, 0) is 20.9 Å². The van der Waals surface area contributed by atoms with Crippen LogP contribution in [0.5, 0.6) is 5.75 Å². The molecule has 0 unspecified atom stereocenters. The number of ether oxygens (including phenoxy) is 2. The number of hydrogen-bond acceptors (Lipinski definition) is 6. The normalized spacial score (nSPS) is 11.1. The van der Waals surface area contributed by atoms with E-state index in [1.807, 2.05) is 108 Å². The van der Waals surface area contributed by atoms with Gasteiger partial charge in [0.2, 0.25) is 0 Å². The highest BCUT2D eigenvalue weighted by Gasteiger charge is 2.15. The first kappa shape index (κ1) is 29.8. The average molecular weight is 606 g/mol. The molecule has 0 aliphatic carbocycles. The number of fused-ring (bicyclic) bond motifs is 3. The lowest BCUT2D eigenvalue weighted by atomic mass is 10.1. The van der Waals surface area contributed by atoms with Crippen LogP contribution in [0.15, 0.2) is 151 Å². The Morgan fingerprint density at radius 3 is 2.02 bits per heavy atom. The summed E-state index contributed by atoms with van der Waals surface area (Å²) in [6, 6.07) is 39.5. The minimum atomic E-state index is -0.477. The van der Waals surface area contributed by atoms with Crippen molar-refractivity contribution in [2.24, 2.45) is 5.10 Å². The average Bonchev–Trinajstić information content (AvgIpc) is 3.41. The van der Waals surface area contributed by atoms with E-state index in [0.29, 0.717) is 11.3 Å². The molecule has 6 aromatic rings. The van der Waals surface area contributed by atoms with Gasteiger partial charge >= 0.3 is 11.9 Å². The number of hydrazone groups is 1. The van der Waals surface area contributed by atoms with E-state index < -0.39 is 11.9 Å². The maximum atomic E-state index is 12.0. The van der Waals surface area contributed by atoms with Crippen molar-refractivity contribution < 1.29 is 19.1 Å². The summed E-state index contributed by atoms with van der Waals surface area (Å²) in [6.45, 7) is 8.87. The lowest BCUT2D eigenvalue weighted by molar-refractivity contribution is -0.139. The van der Waals surface area contributed by atoms with Gasteiger partial charge in [-0.15, -0.1) is 0 Å². The Hall–Kier alpha value is -6.21. The lowest BCUT2D eigenvalue weighted by Gasteiger charge is -2.19. The molecule has 1 heterocycles. The van der Waals surface area contributed by atoms with Gasteiger partial charge in [0.05, 0.1) is 28.6 Å². The van der Waals surface area contributed by atoms with Crippen LogP contribution in [0.1, 0.15) is 18.1 Å². The van der Waals surface area contributed by atoms with Crippen molar-refractivity contribution in [1.82, 2.24) is 4.57 Å². The summed E-state index contributed by atoms with van der Waals surface area (Å²) < 4.78 is 12.9. The number of rotatable bonds is 10. The Morgan fingerprint density at radius 1 is 0.804 bits per heavy atom. The van der Waals surface area contributed by atoms with Gasteiger partial charge in [-0.2, -0.15) is 5.10 Å². The molecular formula is C39H31N3O4. The van der Waals surface area contributed by atoms with Crippen LogP contribution in [0, 0.1) is 0 Å². The maximum Gasteiger partial charge on any atom is 0.338 e. The molecular weight excluding hydrogens is 574 g/mol. The van der Waals surface area contributed by atoms with Gasteiger partial charge in [-0.3, -0.25) is 0 Å². The second-order valence-electron chi connectivity index (χ2n) is 10.7. The fourth-order valence-corrected chi connectivity index (χ4v) is 5.15. The Morgan fingerprint density at radius 2 is 1.41 bits per heavy atom. The molecule has 46 heavy (non-hydrogen) atoms. The van der Waals surface area contributed by atoms with Crippen molar-refractivity contribution in [2.45, 2.75) is 13.5 Å². The topological polar surface area (TPSA) is 73.1 Å². The molecule has 226 valence electrons. The summed E-state index contributed by atoms with van der Waals surface area (Å²) in [7, 11) is 0. The molecule has 0 atom stereocenters. The summed E-state index contributed by atoms with van der Waals surface area (Å²) in [5.41, 5.74) is 6.80. The van der Waals surface area contributed by atoms with E-state index >= 15 is 0 Å². The number of benzene rings is 5. The molecule has 0 N–H and O–H groups in total. The van der Waals surface area contributed by atoms with Crippen molar-refractivity contribution in [2.75, 3.05) is 5.01 Å². The molecule has 0 aliphatic heterocycles. The number of nitrogens with zero attached hydrogens (tertiary/aromatic N) is 3. The zero-order chi connectivity index (χ0) is 32.0. The van der Waals surface area contributed by atoms with Gasteiger partial charge in [0.15, 0.2) is 0 Å². The molecule has 7 heteroatoms. The Kier molecular flexibility index (Phi) is 8.56. The third kappa shape index (κ3) is 6.34. The minimum absolute atomic E-state index is 0.126. The SMILES string of the molecule is C=CC(=O)OCc1ccc2c(c1)c1cc(C=NN(c3ccccc3)c3ccccc3)ccc1n2-c1ccc(OC(=O)C(=C)C)cc1. The molecule has 0 fully saturated rings. The van der Waals surface area contributed by atoms with Crippen molar-refractivity contribution in [3.05, 3.63) is 157 Å². The highest BCUT2D eigenvalue weighted by molar-refractivity contribution is 6.11. The zero-order valence-corrected chi connectivity index (χ0v) is 25.3. The van der Waals surface area contributed by atoms with Gasteiger partial charge < -0.3 is 14.0 Å². The highest BCUT2D eigenvalue weighted by atomic mass is 16.5. The smallest absolute Gasteiger partial charge is 0.338 e. The predicted molar refractivity (Wildman–Crippen MR) is 184 cm³/mol. The molecule has 0 amide bonds. The second-order valence-corrected chi connectivity index (χ2v) is 10.7. The van der Waals surface area contributed by atoms with E-state index in [0.717, 1.165) is 56.1 Å². The minimum Gasteiger partial charge on any atom is -0.458 e. The summed E-state index contributed by atoms with van der Waals surface area (Å²) in [5.74, 6) is -0.514. The van der Waals surface area contributed by atoms with Gasteiger partial charge in [-0.25, -0.2) is 14.6 Å². The second kappa shape index (κ2) is 13.2. The van der Waals surface area contributed by atoms with Crippen molar-refractivity contribution in [3.8, 4) is 11.4 Å². The fourth-order valence-electron chi connectivity index (χ4n) is 5.15. The largest absolute Gasteiger partial charge is 0.458 e. The van der Waals surface area contributed by atoms with Crippen LogP contribution < -0.4 is 9.75 Å². The summed E-state index contributed by atoms with van der Waals surface area (Å²) in [4.78, 5) is 23.8. The van der Waals surface area contributed by atoms with Crippen LogP contribution in [0.4, 0.5) is 11.4 Å². The summed E-state index contributed by atoms with van der Waals surface area (Å²) in [5, 5.41) is 8.78. The molecule has 1 aromatic heterocycles. The molecule has 0 saturated carbocycles. The number of para-hydroxylation sites is 2. The van der Waals surface area contributed by atoms with Crippen molar-refractivity contribution >= 4 is 51.3 Å². The predicted octanol–water partition coefficient (Wildman–Crippen LogP) is 8.67. The Labute approximate surface area is 266 Å². The number of carbonyl (C=O) groups is 2. The van der Waals surface area contributed by atoms with Crippen LogP contribution >= 0.6 is 0 Å². The van der Waals surface area contributed by atoms with Crippen molar-refractivity contribution in [1.29, 1.82) is 0 Å².